The van der Waals surface area contributed by atoms with Crippen molar-refractivity contribution in [1.29, 1.82) is 0 Å². The van der Waals surface area contributed by atoms with Crippen molar-refractivity contribution < 1.29 is 63.3 Å². The molecule has 2 heterocycles. The van der Waals surface area contributed by atoms with E-state index in [4.69, 9.17) is 23.7 Å². The Balaban J connectivity index is 1.92. The van der Waals surface area contributed by atoms with E-state index < -0.39 is 83.8 Å². The third kappa shape index (κ3) is 12.5. The van der Waals surface area contributed by atoms with Gasteiger partial charge in [-0.15, -0.1) is 0 Å². The van der Waals surface area contributed by atoms with Gasteiger partial charge in [-0.1, -0.05) is 83.9 Å². The van der Waals surface area contributed by atoms with Gasteiger partial charge < -0.3 is 49.4 Å². The second-order valence-corrected chi connectivity index (χ2v) is 16.5. The van der Waals surface area contributed by atoms with E-state index in [0.717, 1.165) is 17.7 Å². The van der Waals surface area contributed by atoms with Gasteiger partial charge >= 0.3 is 11.9 Å². The maximum Gasteiger partial charge on any atom is 0.373 e. The van der Waals surface area contributed by atoms with Crippen molar-refractivity contribution in [1.82, 2.24) is 5.32 Å². The smallest absolute Gasteiger partial charge is 0.373 e. The number of cyclic esters (lactones) is 1. The molecule has 0 aromatic rings. The Kier molecular flexibility index (Phi) is 17.7. The molecule has 5 N–H and O–H groups in total. The van der Waals surface area contributed by atoms with Crippen LogP contribution in [0.15, 0.2) is 70.9 Å². The number of esters is 2. The quantitative estimate of drug-likeness (QED) is 0.137. The molecule has 1 amide bonds. The van der Waals surface area contributed by atoms with Crippen molar-refractivity contribution in [2.24, 2.45) is 35.5 Å². The van der Waals surface area contributed by atoms with Crippen molar-refractivity contribution in [3.63, 3.8) is 0 Å². The second-order valence-electron chi connectivity index (χ2n) is 16.5. The minimum atomic E-state index is -2.04. The van der Waals surface area contributed by atoms with Crippen LogP contribution in [0.2, 0.25) is 0 Å². The Morgan fingerprint density at radius 3 is 2.29 bits per heavy atom. The van der Waals surface area contributed by atoms with E-state index in [1.54, 1.807) is 32.9 Å². The molecule has 3 rings (SSSR count). The van der Waals surface area contributed by atoms with E-state index in [1.165, 1.54) is 20.3 Å². The van der Waals surface area contributed by atoms with E-state index in [9.17, 15) is 39.6 Å². The number of nitrogens with one attached hydrogen (secondary N) is 1. The molecule has 1 fully saturated rings. The highest BCUT2D eigenvalue weighted by Gasteiger charge is 2.53. The molecule has 14 nitrogen and oxygen atoms in total. The molecule has 0 bridgehead atoms. The summed E-state index contributed by atoms with van der Waals surface area (Å²) in [6.07, 6.45) is 5.61. The number of aliphatic hydroxyl groups is 4. The lowest BCUT2D eigenvalue weighted by Gasteiger charge is -2.50. The van der Waals surface area contributed by atoms with Crippen LogP contribution in [-0.2, 0) is 42.9 Å². The number of hydrogen-bond donors (Lipinski definition) is 5. The highest BCUT2D eigenvalue weighted by atomic mass is 16.6. The lowest BCUT2D eigenvalue weighted by atomic mass is 9.76. The van der Waals surface area contributed by atoms with Gasteiger partial charge in [0.05, 0.1) is 25.4 Å². The number of hydrogen-bond acceptors (Lipinski definition) is 13. The fourth-order valence-electron chi connectivity index (χ4n) is 7.95. The van der Waals surface area contributed by atoms with Crippen LogP contribution in [0.1, 0.15) is 88.0 Å². The summed E-state index contributed by atoms with van der Waals surface area (Å²) in [5, 5.41) is 47.4. The Labute approximate surface area is 342 Å². The standard InChI is InChI=1S/C44H65NO13/c1-23(2)41-28(7)35(56-37(49)18-17-36(48)45-38-31(46)15-16-32(38)47)22-44(53,58-41)30(9)40(51)29(8)42-33(54-10)14-12-13-24(3)19-26(5)39(50)27(6)20-25(4)21-34(55-11)43(52)57-42/h12-14,17-18,20-21,23,26-30,33,35,39-42,46,50-51,53H,15-16,19,22H2,1-11H3,(H,45,48)/b14-12+,18-17+,24-13-,25-20-,34-21-/t26-,27+,28-,29-,30-,33+,35+,39-,40+,41+,42+,44+/m0/s1. The average molecular weight is 816 g/mol. The molecule has 1 aliphatic carbocycles. The number of aliphatic hydroxyl groups excluding tert-OH is 3. The average Bonchev–Trinajstić information content (AvgIpc) is 3.48. The number of ether oxygens (including phenoxy) is 5. The van der Waals surface area contributed by atoms with Gasteiger partial charge in [-0.2, -0.15) is 0 Å². The summed E-state index contributed by atoms with van der Waals surface area (Å²) in [6.45, 7) is 16.5. The number of ketones is 1. The Morgan fingerprint density at radius 1 is 1.03 bits per heavy atom. The van der Waals surface area contributed by atoms with E-state index in [1.807, 2.05) is 53.7 Å². The van der Waals surface area contributed by atoms with E-state index in [2.05, 4.69) is 5.32 Å². The predicted molar refractivity (Wildman–Crippen MR) is 215 cm³/mol. The SMILES string of the molecule is CO/C1=C\C(C)=C/[C@@H](C)[C@@H](O)[C@@H](C)C/C(C)=C\C=C\[C@@H](OC)[C@@H]([C@@H](C)[C@@H](O)[C@H](C)[C@@]2(O)C[C@@H](OC(=O)/C=C/C(=O)NC3=C(O)CCC3=O)[C@H](C)[C@@H](C(C)C)O2)OC1=O. The summed E-state index contributed by atoms with van der Waals surface area (Å²) >= 11 is 0. The second kappa shape index (κ2) is 21.3. The third-order valence-electron chi connectivity index (χ3n) is 11.5. The molecule has 0 aromatic heterocycles. The summed E-state index contributed by atoms with van der Waals surface area (Å²) < 4.78 is 29.5. The molecule has 14 heteroatoms. The molecule has 0 unspecified atom stereocenters. The van der Waals surface area contributed by atoms with E-state index >= 15 is 0 Å². The molecule has 58 heavy (non-hydrogen) atoms. The van der Waals surface area contributed by atoms with Crippen LogP contribution in [0, 0.1) is 35.5 Å². The highest BCUT2D eigenvalue weighted by molar-refractivity contribution is 6.04. The minimum Gasteiger partial charge on any atom is -0.510 e. The first-order chi connectivity index (χ1) is 27.1. The Hall–Kier alpha value is -4.08. The van der Waals surface area contributed by atoms with Crippen LogP contribution in [0.4, 0.5) is 0 Å². The predicted octanol–water partition coefficient (Wildman–Crippen LogP) is 5.05. The van der Waals surface area contributed by atoms with Gasteiger partial charge in [0.15, 0.2) is 11.6 Å². The molecule has 12 atom stereocenters. The third-order valence-corrected chi connectivity index (χ3v) is 11.5. The zero-order valence-corrected chi connectivity index (χ0v) is 35.8. The van der Waals surface area contributed by atoms with Gasteiger partial charge in [0, 0.05) is 62.2 Å². The van der Waals surface area contributed by atoms with Crippen molar-refractivity contribution in [2.75, 3.05) is 14.2 Å². The summed E-state index contributed by atoms with van der Waals surface area (Å²) in [5.74, 6) is -8.07. The van der Waals surface area contributed by atoms with Crippen LogP contribution < -0.4 is 5.32 Å². The van der Waals surface area contributed by atoms with Crippen LogP contribution >= 0.6 is 0 Å². The number of carbonyl (C=O) groups excluding carboxylic acids is 4. The zero-order valence-electron chi connectivity index (χ0n) is 35.8. The summed E-state index contributed by atoms with van der Waals surface area (Å²) in [4.78, 5) is 51.1. The molecule has 3 aliphatic rings. The van der Waals surface area contributed by atoms with Crippen LogP contribution in [0.25, 0.3) is 0 Å². The van der Waals surface area contributed by atoms with Crippen molar-refractivity contribution >= 4 is 23.6 Å². The van der Waals surface area contributed by atoms with Crippen molar-refractivity contribution in [3.05, 3.63) is 70.9 Å². The summed E-state index contributed by atoms with van der Waals surface area (Å²) in [7, 11) is 2.79. The summed E-state index contributed by atoms with van der Waals surface area (Å²) in [5.41, 5.74) is 1.48. The largest absolute Gasteiger partial charge is 0.510 e. The number of methoxy groups -OCH3 is 2. The maximum absolute atomic E-state index is 13.7. The highest BCUT2D eigenvalue weighted by Crippen LogP contribution is 2.42. The van der Waals surface area contributed by atoms with E-state index in [0.29, 0.717) is 12.0 Å². The topological polar surface area (TPSA) is 207 Å². The Morgan fingerprint density at radius 2 is 1.71 bits per heavy atom. The number of rotatable bonds is 11. The van der Waals surface area contributed by atoms with Gasteiger partial charge in [-0.05, 0) is 38.2 Å². The molecule has 0 aromatic carbocycles. The molecule has 0 saturated carbocycles. The molecular weight excluding hydrogens is 750 g/mol. The zero-order chi connectivity index (χ0) is 43.6. The summed E-state index contributed by atoms with van der Waals surface area (Å²) in [6, 6.07) is 0. The monoisotopic (exact) mass is 815 g/mol. The van der Waals surface area contributed by atoms with Gasteiger partial charge in [0.1, 0.15) is 29.8 Å². The lowest BCUT2D eigenvalue weighted by molar-refractivity contribution is -0.329. The molecule has 1 saturated heterocycles. The first kappa shape index (κ1) is 48.3. The molecule has 0 spiro atoms. The van der Waals surface area contributed by atoms with Crippen molar-refractivity contribution in [2.45, 2.75) is 130 Å². The fraction of sp³-hybridized carbons (Fsp3) is 0.636. The molecular formula is C44H65NO13. The van der Waals surface area contributed by atoms with Crippen LogP contribution in [0.3, 0.4) is 0 Å². The molecule has 2 aliphatic heterocycles. The van der Waals surface area contributed by atoms with Gasteiger partial charge in [0.2, 0.25) is 11.7 Å². The Bertz CT molecular complexity index is 1670. The van der Waals surface area contributed by atoms with E-state index in [-0.39, 0.29) is 54.2 Å². The van der Waals surface area contributed by atoms with Gasteiger partial charge in [0.25, 0.3) is 0 Å². The number of amides is 1. The van der Waals surface area contributed by atoms with Gasteiger partial charge in [-0.25, -0.2) is 9.59 Å². The van der Waals surface area contributed by atoms with Gasteiger partial charge in [-0.3, -0.25) is 9.59 Å². The van der Waals surface area contributed by atoms with Crippen LogP contribution in [0.5, 0.6) is 0 Å². The maximum atomic E-state index is 13.7. The van der Waals surface area contributed by atoms with Crippen LogP contribution in [-0.4, -0.2) is 101 Å². The first-order valence-electron chi connectivity index (χ1n) is 20.1. The first-order valence-corrected chi connectivity index (χ1v) is 20.1. The minimum absolute atomic E-state index is 0.0594. The molecule has 0 radical (unpaired) electrons. The number of allylic oxidation sites excluding steroid dienone is 7. The molecule has 324 valence electrons. The number of Topliss-reactive ketones (excluding diaryl/α,β-unsaturated/α-hetero) is 1. The lowest BCUT2D eigenvalue weighted by Crippen LogP contribution is -2.59. The fourth-order valence-corrected chi connectivity index (χ4v) is 7.95. The van der Waals surface area contributed by atoms with Crippen molar-refractivity contribution in [3.8, 4) is 0 Å². The normalized spacial score (nSPS) is 35.5. The number of carbonyl (C=O) groups is 4.